The predicted octanol–water partition coefficient (Wildman–Crippen LogP) is 2.05. The van der Waals surface area contributed by atoms with Crippen molar-refractivity contribution in [3.8, 4) is 0 Å². The van der Waals surface area contributed by atoms with Crippen LogP contribution in [0.5, 0.6) is 0 Å². The van der Waals surface area contributed by atoms with E-state index in [-0.39, 0.29) is 5.91 Å². The smallest absolute Gasteiger partial charge is 0.220 e. The van der Waals surface area contributed by atoms with Crippen molar-refractivity contribution in [3.05, 3.63) is 23.8 Å². The number of carbonyl (C=O) groups is 1. The minimum atomic E-state index is 0.170. The van der Waals surface area contributed by atoms with Crippen LogP contribution in [0.15, 0.2) is 18.2 Å². The van der Waals surface area contributed by atoms with E-state index in [9.17, 15) is 4.79 Å². The molecule has 1 aromatic carbocycles. The summed E-state index contributed by atoms with van der Waals surface area (Å²) in [6.45, 7) is 2.79. The summed E-state index contributed by atoms with van der Waals surface area (Å²) in [4.78, 5) is 11.5. The Kier molecular flexibility index (Phi) is 4.07. The monoisotopic (exact) mass is 247 g/mol. The van der Waals surface area contributed by atoms with Crippen molar-refractivity contribution in [2.75, 3.05) is 17.6 Å². The van der Waals surface area contributed by atoms with Crippen molar-refractivity contribution in [3.63, 3.8) is 0 Å². The highest BCUT2D eigenvalue weighted by atomic mass is 16.1. The predicted molar refractivity (Wildman–Crippen MR) is 74.5 cm³/mol. The number of amides is 1. The van der Waals surface area contributed by atoms with Crippen molar-refractivity contribution < 1.29 is 4.79 Å². The van der Waals surface area contributed by atoms with Gasteiger partial charge in [0.15, 0.2) is 0 Å². The molecule has 1 amide bonds. The highest BCUT2D eigenvalue weighted by molar-refractivity contribution is 5.76. The van der Waals surface area contributed by atoms with Crippen LogP contribution in [0, 0.1) is 6.92 Å². The summed E-state index contributed by atoms with van der Waals surface area (Å²) in [5.74, 6) is 0.170. The topological polar surface area (TPSA) is 67.1 Å². The van der Waals surface area contributed by atoms with Gasteiger partial charge < -0.3 is 16.4 Å². The van der Waals surface area contributed by atoms with Gasteiger partial charge in [-0.15, -0.1) is 0 Å². The first kappa shape index (κ1) is 12.7. The minimum Gasteiger partial charge on any atom is -0.398 e. The van der Waals surface area contributed by atoms with Crippen molar-refractivity contribution in [1.82, 2.24) is 5.32 Å². The van der Waals surface area contributed by atoms with E-state index in [4.69, 9.17) is 5.73 Å². The molecule has 2 rings (SSSR count). The molecule has 0 atom stereocenters. The van der Waals surface area contributed by atoms with Gasteiger partial charge in [-0.05, 0) is 43.9 Å². The Hall–Kier alpha value is -1.71. The molecule has 0 unspecified atom stereocenters. The number of nitrogens with two attached hydrogens (primary N) is 1. The number of hydrogen-bond donors (Lipinski definition) is 3. The van der Waals surface area contributed by atoms with E-state index >= 15 is 0 Å². The van der Waals surface area contributed by atoms with Crippen LogP contribution < -0.4 is 16.4 Å². The summed E-state index contributed by atoms with van der Waals surface area (Å²) in [5, 5.41) is 6.30. The zero-order valence-electron chi connectivity index (χ0n) is 10.8. The molecule has 18 heavy (non-hydrogen) atoms. The molecule has 0 aliphatic heterocycles. The number of carbonyl (C=O) groups excluding carboxylic acids is 1. The second-order valence-electron chi connectivity index (χ2n) is 4.89. The van der Waals surface area contributed by atoms with Gasteiger partial charge in [0, 0.05) is 30.4 Å². The van der Waals surface area contributed by atoms with Gasteiger partial charge in [0.1, 0.15) is 0 Å². The Morgan fingerprint density at radius 2 is 2.22 bits per heavy atom. The van der Waals surface area contributed by atoms with Gasteiger partial charge in [-0.1, -0.05) is 6.07 Å². The molecule has 0 spiro atoms. The Balaban J connectivity index is 1.68. The van der Waals surface area contributed by atoms with Gasteiger partial charge in [-0.3, -0.25) is 4.79 Å². The van der Waals surface area contributed by atoms with Gasteiger partial charge in [0.2, 0.25) is 5.91 Å². The molecule has 4 heteroatoms. The lowest BCUT2D eigenvalue weighted by Gasteiger charge is -2.11. The number of rotatable bonds is 6. The number of hydrogen-bond acceptors (Lipinski definition) is 3. The zero-order valence-corrected chi connectivity index (χ0v) is 10.8. The fourth-order valence-corrected chi connectivity index (χ4v) is 1.84. The van der Waals surface area contributed by atoms with E-state index in [1.165, 1.54) is 0 Å². The summed E-state index contributed by atoms with van der Waals surface area (Å²) in [6, 6.07) is 6.30. The van der Waals surface area contributed by atoms with Crippen LogP contribution in [0.25, 0.3) is 0 Å². The number of nitrogen functional groups attached to an aromatic ring is 1. The number of nitrogens with one attached hydrogen (secondary N) is 2. The van der Waals surface area contributed by atoms with Crippen LogP contribution in [0.4, 0.5) is 11.4 Å². The summed E-state index contributed by atoms with van der Waals surface area (Å²) >= 11 is 0. The van der Waals surface area contributed by atoms with Crippen molar-refractivity contribution in [1.29, 1.82) is 0 Å². The highest BCUT2D eigenvalue weighted by Gasteiger charge is 2.22. The highest BCUT2D eigenvalue weighted by Crippen LogP contribution is 2.20. The van der Waals surface area contributed by atoms with E-state index in [2.05, 4.69) is 10.6 Å². The maximum atomic E-state index is 11.5. The SMILES string of the molecule is Cc1c(N)cccc1NCCCC(=O)NC1CC1. The summed E-state index contributed by atoms with van der Waals surface area (Å²) in [5.41, 5.74) is 8.75. The maximum Gasteiger partial charge on any atom is 0.220 e. The van der Waals surface area contributed by atoms with Crippen LogP contribution in [0.2, 0.25) is 0 Å². The van der Waals surface area contributed by atoms with E-state index < -0.39 is 0 Å². The second-order valence-corrected chi connectivity index (χ2v) is 4.89. The van der Waals surface area contributed by atoms with Crippen molar-refractivity contribution >= 4 is 17.3 Å². The molecule has 0 radical (unpaired) electrons. The average Bonchev–Trinajstić information content (AvgIpc) is 3.13. The molecular weight excluding hydrogens is 226 g/mol. The van der Waals surface area contributed by atoms with Crippen LogP contribution in [0.1, 0.15) is 31.2 Å². The largest absolute Gasteiger partial charge is 0.398 e. The molecule has 1 saturated carbocycles. The zero-order chi connectivity index (χ0) is 13.0. The van der Waals surface area contributed by atoms with E-state index in [0.29, 0.717) is 12.5 Å². The maximum absolute atomic E-state index is 11.5. The number of anilines is 2. The standard InChI is InChI=1S/C14H21N3O/c1-10-12(15)4-2-5-13(10)16-9-3-6-14(18)17-11-7-8-11/h2,4-5,11,16H,3,6-9,15H2,1H3,(H,17,18). The van der Waals surface area contributed by atoms with Crippen LogP contribution >= 0.6 is 0 Å². The van der Waals surface area contributed by atoms with E-state index in [1.54, 1.807) is 0 Å². The van der Waals surface area contributed by atoms with Gasteiger partial charge >= 0.3 is 0 Å². The molecular formula is C14H21N3O. The first-order valence-corrected chi connectivity index (χ1v) is 6.55. The quantitative estimate of drug-likeness (QED) is 0.532. The first-order valence-electron chi connectivity index (χ1n) is 6.55. The third-order valence-corrected chi connectivity index (χ3v) is 3.21. The molecule has 4 nitrogen and oxygen atoms in total. The third kappa shape index (κ3) is 3.65. The molecule has 1 aliphatic rings. The van der Waals surface area contributed by atoms with E-state index in [1.807, 2.05) is 25.1 Å². The summed E-state index contributed by atoms with van der Waals surface area (Å²) in [6.07, 6.45) is 3.72. The molecule has 98 valence electrons. The Morgan fingerprint density at radius 3 is 2.94 bits per heavy atom. The second kappa shape index (κ2) is 5.76. The normalized spacial score (nSPS) is 14.3. The van der Waals surface area contributed by atoms with Crippen LogP contribution in [-0.4, -0.2) is 18.5 Å². The lowest BCUT2D eigenvalue weighted by molar-refractivity contribution is -0.121. The average molecular weight is 247 g/mol. The fraction of sp³-hybridized carbons (Fsp3) is 0.500. The van der Waals surface area contributed by atoms with Gasteiger partial charge in [0.05, 0.1) is 0 Å². The molecule has 4 N–H and O–H groups in total. The van der Waals surface area contributed by atoms with Gasteiger partial charge in [-0.2, -0.15) is 0 Å². The summed E-state index contributed by atoms with van der Waals surface area (Å²) < 4.78 is 0. The number of benzene rings is 1. The van der Waals surface area contributed by atoms with Gasteiger partial charge in [-0.25, -0.2) is 0 Å². The molecule has 0 bridgehead atoms. The van der Waals surface area contributed by atoms with E-state index in [0.717, 1.165) is 42.7 Å². The molecule has 1 aliphatic carbocycles. The lowest BCUT2D eigenvalue weighted by Crippen LogP contribution is -2.25. The van der Waals surface area contributed by atoms with Crippen LogP contribution in [-0.2, 0) is 4.79 Å². The first-order chi connectivity index (χ1) is 8.66. The van der Waals surface area contributed by atoms with Crippen molar-refractivity contribution in [2.24, 2.45) is 0 Å². The lowest BCUT2D eigenvalue weighted by atomic mass is 10.1. The Morgan fingerprint density at radius 1 is 1.44 bits per heavy atom. The fourth-order valence-electron chi connectivity index (χ4n) is 1.84. The molecule has 0 heterocycles. The summed E-state index contributed by atoms with van der Waals surface area (Å²) in [7, 11) is 0. The molecule has 0 saturated heterocycles. The third-order valence-electron chi connectivity index (χ3n) is 3.21. The van der Waals surface area contributed by atoms with Crippen molar-refractivity contribution in [2.45, 2.75) is 38.6 Å². The van der Waals surface area contributed by atoms with Crippen LogP contribution in [0.3, 0.4) is 0 Å². The molecule has 1 aromatic rings. The Bertz CT molecular complexity index is 427. The molecule has 0 aromatic heterocycles. The van der Waals surface area contributed by atoms with Gasteiger partial charge in [0.25, 0.3) is 0 Å². The minimum absolute atomic E-state index is 0.170. The molecule has 1 fully saturated rings. The Labute approximate surface area is 108 Å².